The lowest BCUT2D eigenvalue weighted by Crippen LogP contribution is -2.43. The molecule has 1 heterocycles. The molecule has 0 atom stereocenters. The summed E-state index contributed by atoms with van der Waals surface area (Å²) in [5.41, 5.74) is 0.994. The number of aromatic nitrogens is 1. The van der Waals surface area contributed by atoms with Crippen LogP contribution < -0.4 is 15.4 Å². The summed E-state index contributed by atoms with van der Waals surface area (Å²) < 4.78 is 18.8. The summed E-state index contributed by atoms with van der Waals surface area (Å²) in [7, 11) is 0. The molecule has 0 aliphatic carbocycles. The van der Waals surface area contributed by atoms with Gasteiger partial charge < -0.3 is 20.5 Å². The Hall–Kier alpha value is -2.67. The first-order chi connectivity index (χ1) is 14.5. The topological polar surface area (TPSA) is 78.8 Å². The lowest BCUT2D eigenvalue weighted by Gasteiger charge is -2.32. The Kier molecular flexibility index (Phi) is 9.54. The van der Waals surface area contributed by atoms with Gasteiger partial charge in [0.1, 0.15) is 11.6 Å². The van der Waals surface area contributed by atoms with Crippen LogP contribution in [0.2, 0.25) is 0 Å². The lowest BCUT2D eigenvalue weighted by molar-refractivity contribution is 0.169. The molecule has 0 aliphatic heterocycles. The molecular weight excluding hydrogens is 383 g/mol. The van der Waals surface area contributed by atoms with Crippen LogP contribution in [-0.2, 0) is 6.54 Å². The van der Waals surface area contributed by atoms with Crippen molar-refractivity contribution in [2.24, 2.45) is 10.4 Å². The number of guanidine groups is 1. The Morgan fingerprint density at radius 3 is 2.57 bits per heavy atom. The maximum Gasteiger partial charge on any atom is 0.219 e. The Balaban J connectivity index is 1.98. The average Bonchev–Trinajstić information content (AvgIpc) is 2.76. The first kappa shape index (κ1) is 23.6. The van der Waals surface area contributed by atoms with E-state index in [1.54, 1.807) is 24.4 Å². The Morgan fingerprint density at radius 1 is 1.17 bits per heavy atom. The van der Waals surface area contributed by atoms with Crippen molar-refractivity contribution in [2.45, 2.75) is 46.6 Å². The number of rotatable bonds is 11. The van der Waals surface area contributed by atoms with Crippen LogP contribution in [0.5, 0.6) is 11.6 Å². The summed E-state index contributed by atoms with van der Waals surface area (Å²) in [6, 6.07) is 9.60. The smallest absolute Gasteiger partial charge is 0.219 e. The van der Waals surface area contributed by atoms with Gasteiger partial charge in [-0.15, -0.1) is 0 Å². The van der Waals surface area contributed by atoms with Crippen molar-refractivity contribution in [2.75, 3.05) is 19.7 Å². The molecule has 2 aromatic rings. The zero-order valence-corrected chi connectivity index (χ0v) is 18.1. The maximum atomic E-state index is 13.3. The van der Waals surface area contributed by atoms with Crippen LogP contribution in [0.15, 0.2) is 47.6 Å². The number of nitrogens with zero attached hydrogens (tertiary/aromatic N) is 2. The Labute approximate surface area is 178 Å². The first-order valence-electron chi connectivity index (χ1n) is 10.6. The maximum absolute atomic E-state index is 13.3. The molecule has 6 nitrogen and oxygen atoms in total. The first-order valence-corrected chi connectivity index (χ1v) is 10.6. The molecule has 3 N–H and O–H groups in total. The quantitative estimate of drug-likeness (QED) is 0.377. The second-order valence-corrected chi connectivity index (χ2v) is 7.29. The lowest BCUT2D eigenvalue weighted by atomic mass is 9.79. The number of hydrogen-bond donors (Lipinski definition) is 3. The third kappa shape index (κ3) is 7.30. The second kappa shape index (κ2) is 12.1. The predicted molar refractivity (Wildman–Crippen MR) is 118 cm³/mol. The number of nitrogens with one attached hydrogen (secondary N) is 2. The van der Waals surface area contributed by atoms with E-state index in [2.05, 4.69) is 34.5 Å². The molecule has 0 spiro atoms. The van der Waals surface area contributed by atoms with Gasteiger partial charge in [0.15, 0.2) is 5.96 Å². The summed E-state index contributed by atoms with van der Waals surface area (Å²) in [5.74, 6) is 1.20. The van der Waals surface area contributed by atoms with E-state index in [1.165, 1.54) is 12.1 Å². The van der Waals surface area contributed by atoms with Crippen LogP contribution in [0, 0.1) is 11.2 Å². The van der Waals surface area contributed by atoms with E-state index in [0.29, 0.717) is 18.2 Å². The summed E-state index contributed by atoms with van der Waals surface area (Å²) in [6.45, 7) is 8.51. The van der Waals surface area contributed by atoms with E-state index in [-0.39, 0.29) is 17.8 Å². The van der Waals surface area contributed by atoms with E-state index in [4.69, 9.17) is 4.74 Å². The second-order valence-electron chi connectivity index (χ2n) is 7.29. The molecule has 0 unspecified atom stereocenters. The minimum absolute atomic E-state index is 0.0579. The largest absolute Gasteiger partial charge is 0.439 e. The standard InChI is InChI=1S/C23H33FN4O2/c1-4-23(5-2,12-13-29)17-28-22(25-6-3)27-16-18-10-11-21(26-15-18)30-20-9-7-8-19(24)14-20/h7-11,14-15,29H,4-6,12-13,16-17H2,1-3H3,(H2,25,27,28). The molecule has 2 rings (SSSR count). The fourth-order valence-electron chi connectivity index (χ4n) is 3.18. The minimum atomic E-state index is -0.351. The highest BCUT2D eigenvalue weighted by molar-refractivity contribution is 5.79. The predicted octanol–water partition coefficient (Wildman–Crippen LogP) is 4.26. The molecule has 7 heteroatoms. The fourth-order valence-corrected chi connectivity index (χ4v) is 3.18. The van der Waals surface area contributed by atoms with E-state index < -0.39 is 0 Å². The average molecular weight is 417 g/mol. The number of aliphatic hydroxyl groups excluding tert-OH is 1. The van der Waals surface area contributed by atoms with Crippen molar-refractivity contribution in [3.63, 3.8) is 0 Å². The molecule has 1 aromatic heterocycles. The number of ether oxygens (including phenoxy) is 1. The number of pyridine rings is 1. The van der Waals surface area contributed by atoms with Gasteiger partial charge in [-0.25, -0.2) is 14.4 Å². The van der Waals surface area contributed by atoms with Gasteiger partial charge in [-0.2, -0.15) is 0 Å². The minimum Gasteiger partial charge on any atom is -0.439 e. The molecule has 0 saturated carbocycles. The van der Waals surface area contributed by atoms with Crippen molar-refractivity contribution in [3.05, 3.63) is 54.0 Å². The molecule has 0 aliphatic rings. The highest BCUT2D eigenvalue weighted by Gasteiger charge is 2.25. The summed E-state index contributed by atoms with van der Waals surface area (Å²) in [4.78, 5) is 8.92. The number of halogens is 1. The molecular formula is C23H33FN4O2. The van der Waals surface area contributed by atoms with Gasteiger partial charge >= 0.3 is 0 Å². The zero-order valence-electron chi connectivity index (χ0n) is 18.1. The number of aliphatic imine (C=N–C) groups is 1. The highest BCUT2D eigenvalue weighted by Crippen LogP contribution is 2.29. The molecule has 0 radical (unpaired) electrons. The third-order valence-electron chi connectivity index (χ3n) is 5.35. The molecule has 0 fully saturated rings. The van der Waals surface area contributed by atoms with Crippen molar-refractivity contribution in [3.8, 4) is 11.6 Å². The van der Waals surface area contributed by atoms with Gasteiger partial charge in [-0.1, -0.05) is 26.0 Å². The molecule has 0 amide bonds. The SMILES string of the molecule is CCNC(=NCc1ccc(Oc2cccc(F)c2)nc1)NCC(CC)(CC)CCO. The molecule has 0 bridgehead atoms. The van der Waals surface area contributed by atoms with Gasteiger partial charge in [0.2, 0.25) is 5.88 Å². The molecule has 0 saturated heterocycles. The van der Waals surface area contributed by atoms with Crippen LogP contribution in [0.25, 0.3) is 0 Å². The van der Waals surface area contributed by atoms with E-state index >= 15 is 0 Å². The number of benzene rings is 1. The van der Waals surface area contributed by atoms with Crippen LogP contribution in [0.4, 0.5) is 4.39 Å². The Morgan fingerprint density at radius 2 is 1.97 bits per heavy atom. The van der Waals surface area contributed by atoms with Crippen molar-refractivity contribution < 1.29 is 14.2 Å². The van der Waals surface area contributed by atoms with E-state index in [9.17, 15) is 9.50 Å². The van der Waals surface area contributed by atoms with Gasteiger partial charge in [-0.05, 0) is 49.3 Å². The highest BCUT2D eigenvalue weighted by atomic mass is 19.1. The number of hydrogen-bond acceptors (Lipinski definition) is 4. The fraction of sp³-hybridized carbons (Fsp3) is 0.478. The van der Waals surface area contributed by atoms with Gasteiger partial charge in [0, 0.05) is 38.0 Å². The van der Waals surface area contributed by atoms with Crippen LogP contribution in [0.3, 0.4) is 0 Å². The van der Waals surface area contributed by atoms with Crippen molar-refractivity contribution >= 4 is 5.96 Å². The van der Waals surface area contributed by atoms with Crippen LogP contribution in [-0.4, -0.2) is 35.7 Å². The molecule has 30 heavy (non-hydrogen) atoms. The summed E-state index contributed by atoms with van der Waals surface area (Å²) >= 11 is 0. The summed E-state index contributed by atoms with van der Waals surface area (Å²) in [6.07, 6.45) is 4.46. The van der Waals surface area contributed by atoms with E-state index in [1.807, 2.05) is 13.0 Å². The van der Waals surface area contributed by atoms with Gasteiger partial charge in [-0.3, -0.25) is 0 Å². The number of aliphatic hydroxyl groups is 1. The zero-order chi connectivity index (χ0) is 21.8. The van der Waals surface area contributed by atoms with Crippen molar-refractivity contribution in [1.82, 2.24) is 15.6 Å². The molecule has 1 aromatic carbocycles. The normalized spacial score (nSPS) is 12.0. The van der Waals surface area contributed by atoms with E-state index in [0.717, 1.165) is 43.9 Å². The Bertz CT molecular complexity index is 792. The van der Waals surface area contributed by atoms with Gasteiger partial charge in [0.25, 0.3) is 0 Å². The van der Waals surface area contributed by atoms with Crippen LogP contribution in [0.1, 0.15) is 45.6 Å². The third-order valence-corrected chi connectivity index (χ3v) is 5.35. The monoisotopic (exact) mass is 416 g/mol. The summed E-state index contributed by atoms with van der Waals surface area (Å²) in [5, 5.41) is 16.1. The molecule has 164 valence electrons. The van der Waals surface area contributed by atoms with Gasteiger partial charge in [0.05, 0.1) is 6.54 Å². The van der Waals surface area contributed by atoms with Crippen molar-refractivity contribution in [1.29, 1.82) is 0 Å². The van der Waals surface area contributed by atoms with Crippen LogP contribution >= 0.6 is 0 Å².